The Morgan fingerprint density at radius 2 is 2.07 bits per heavy atom. The minimum absolute atomic E-state index is 0.113. The number of aryl methyl sites for hydroxylation is 1. The molecule has 0 bridgehead atoms. The molecule has 0 amide bonds. The van der Waals surface area contributed by atoms with E-state index >= 15 is 0 Å². The summed E-state index contributed by atoms with van der Waals surface area (Å²) in [5, 5.41) is 0. The first-order valence-corrected chi connectivity index (χ1v) is 5.60. The molecule has 5 heteroatoms. The predicted molar refractivity (Wildman–Crippen MR) is 52.2 cm³/mol. The molecule has 0 fully saturated rings. The first-order chi connectivity index (χ1) is 6.45. The summed E-state index contributed by atoms with van der Waals surface area (Å²) in [5.74, 6) is 0.625. The maximum atomic E-state index is 10.8. The van der Waals surface area contributed by atoms with Crippen LogP contribution < -0.4 is 4.74 Å². The monoisotopic (exact) mass is 216 g/mol. The summed E-state index contributed by atoms with van der Waals surface area (Å²) < 4.78 is 35.5. The second-order valence-corrected chi connectivity index (χ2v) is 4.26. The third kappa shape index (κ3) is 2.46. The van der Waals surface area contributed by atoms with Crippen molar-refractivity contribution in [3.63, 3.8) is 0 Å². The molecule has 0 unspecified atom stereocenters. The van der Waals surface area contributed by atoms with E-state index in [2.05, 4.69) is 0 Å². The molecule has 0 heterocycles. The van der Waals surface area contributed by atoms with Crippen molar-refractivity contribution in [1.29, 1.82) is 0 Å². The molecule has 0 aliphatic rings. The number of hydrogen-bond donors (Lipinski definition) is 1. The molecule has 1 N–H and O–H groups in total. The maximum Gasteiger partial charge on any atom is 0.294 e. The summed E-state index contributed by atoms with van der Waals surface area (Å²) in [6.45, 7) is 4.09. The van der Waals surface area contributed by atoms with E-state index < -0.39 is 10.1 Å². The first kappa shape index (κ1) is 11.0. The fourth-order valence-electron chi connectivity index (χ4n) is 1.10. The van der Waals surface area contributed by atoms with Crippen LogP contribution in [0.25, 0.3) is 0 Å². The highest BCUT2D eigenvalue weighted by Gasteiger charge is 2.10. The summed E-state index contributed by atoms with van der Waals surface area (Å²) in [7, 11) is -4.11. The number of rotatable bonds is 3. The number of benzene rings is 1. The summed E-state index contributed by atoms with van der Waals surface area (Å²) >= 11 is 0. The van der Waals surface area contributed by atoms with Crippen molar-refractivity contribution in [1.82, 2.24) is 0 Å². The van der Waals surface area contributed by atoms with Crippen molar-refractivity contribution in [2.75, 3.05) is 6.61 Å². The van der Waals surface area contributed by atoms with Crippen molar-refractivity contribution in [3.05, 3.63) is 23.8 Å². The zero-order chi connectivity index (χ0) is 10.8. The zero-order valence-electron chi connectivity index (χ0n) is 8.02. The Bertz CT molecular complexity index is 422. The first-order valence-electron chi connectivity index (χ1n) is 4.16. The molecular weight excluding hydrogens is 204 g/mol. The molecule has 1 aromatic carbocycles. The third-order valence-corrected chi connectivity index (χ3v) is 2.59. The summed E-state index contributed by atoms with van der Waals surface area (Å²) in [4.78, 5) is -0.113. The van der Waals surface area contributed by atoms with Gasteiger partial charge in [-0.3, -0.25) is 4.55 Å². The Kier molecular flexibility index (Phi) is 3.13. The highest BCUT2D eigenvalue weighted by atomic mass is 32.2. The van der Waals surface area contributed by atoms with Gasteiger partial charge in [0.2, 0.25) is 0 Å². The Morgan fingerprint density at radius 1 is 1.43 bits per heavy atom. The van der Waals surface area contributed by atoms with E-state index in [1.165, 1.54) is 18.2 Å². The van der Waals surface area contributed by atoms with Crippen molar-refractivity contribution in [2.24, 2.45) is 0 Å². The normalized spacial score (nSPS) is 11.4. The van der Waals surface area contributed by atoms with Crippen LogP contribution in [0.1, 0.15) is 12.5 Å². The van der Waals surface area contributed by atoms with Crippen molar-refractivity contribution >= 4 is 10.1 Å². The minimum atomic E-state index is -4.11. The van der Waals surface area contributed by atoms with Crippen molar-refractivity contribution in [3.8, 4) is 5.75 Å². The summed E-state index contributed by atoms with van der Waals surface area (Å²) in [5.41, 5.74) is 0.682. The Morgan fingerprint density at radius 3 is 2.50 bits per heavy atom. The lowest BCUT2D eigenvalue weighted by Crippen LogP contribution is -2.00. The maximum absolute atomic E-state index is 10.8. The smallest absolute Gasteiger partial charge is 0.294 e. The van der Waals surface area contributed by atoms with Gasteiger partial charge < -0.3 is 4.74 Å². The van der Waals surface area contributed by atoms with Crippen LogP contribution in [0.3, 0.4) is 0 Å². The molecule has 0 aliphatic heterocycles. The molecule has 0 aromatic heterocycles. The highest BCUT2D eigenvalue weighted by Crippen LogP contribution is 2.21. The van der Waals surface area contributed by atoms with Gasteiger partial charge in [-0.15, -0.1) is 0 Å². The number of ether oxygens (including phenoxy) is 1. The topological polar surface area (TPSA) is 63.6 Å². The molecule has 0 radical (unpaired) electrons. The van der Waals surface area contributed by atoms with Crippen LogP contribution in [0.4, 0.5) is 0 Å². The molecular formula is C9H12O4S. The van der Waals surface area contributed by atoms with Gasteiger partial charge in [0.25, 0.3) is 10.1 Å². The average Bonchev–Trinajstić information content (AvgIpc) is 2.07. The van der Waals surface area contributed by atoms with E-state index in [0.717, 1.165) is 0 Å². The van der Waals surface area contributed by atoms with Gasteiger partial charge in [-0.05, 0) is 37.6 Å². The van der Waals surface area contributed by atoms with E-state index in [4.69, 9.17) is 9.29 Å². The van der Waals surface area contributed by atoms with Gasteiger partial charge in [-0.25, -0.2) is 0 Å². The van der Waals surface area contributed by atoms with E-state index in [0.29, 0.717) is 17.9 Å². The Labute approximate surface area is 83.3 Å². The Balaban J connectivity index is 3.13. The predicted octanol–water partition coefficient (Wildman–Crippen LogP) is 1.64. The highest BCUT2D eigenvalue weighted by molar-refractivity contribution is 7.85. The molecule has 4 nitrogen and oxygen atoms in total. The van der Waals surface area contributed by atoms with Crippen LogP contribution >= 0.6 is 0 Å². The van der Waals surface area contributed by atoms with Crippen molar-refractivity contribution < 1.29 is 17.7 Å². The summed E-state index contributed by atoms with van der Waals surface area (Å²) in [6, 6.07) is 4.22. The quantitative estimate of drug-likeness (QED) is 0.780. The molecule has 0 saturated heterocycles. The van der Waals surface area contributed by atoms with Gasteiger partial charge in [-0.2, -0.15) is 8.42 Å². The average molecular weight is 216 g/mol. The van der Waals surface area contributed by atoms with Gasteiger partial charge in [0.15, 0.2) is 0 Å². The molecule has 1 aromatic rings. The zero-order valence-corrected chi connectivity index (χ0v) is 8.84. The third-order valence-electron chi connectivity index (χ3n) is 1.74. The van der Waals surface area contributed by atoms with Crippen LogP contribution in [-0.2, 0) is 10.1 Å². The molecule has 0 spiro atoms. The van der Waals surface area contributed by atoms with Gasteiger partial charge in [-0.1, -0.05) is 0 Å². The lowest BCUT2D eigenvalue weighted by atomic mass is 10.2. The van der Waals surface area contributed by atoms with E-state index in [-0.39, 0.29) is 4.90 Å². The Hall–Kier alpha value is -1.07. The van der Waals surface area contributed by atoms with Gasteiger partial charge >= 0.3 is 0 Å². The minimum Gasteiger partial charge on any atom is -0.494 e. The largest absolute Gasteiger partial charge is 0.494 e. The fourth-order valence-corrected chi connectivity index (χ4v) is 1.67. The van der Waals surface area contributed by atoms with Gasteiger partial charge in [0, 0.05) is 0 Å². The van der Waals surface area contributed by atoms with Crippen LogP contribution in [0, 0.1) is 6.92 Å². The summed E-state index contributed by atoms with van der Waals surface area (Å²) in [6.07, 6.45) is 0. The molecule has 0 atom stereocenters. The molecule has 0 saturated carbocycles. The van der Waals surface area contributed by atoms with E-state index in [9.17, 15) is 8.42 Å². The lowest BCUT2D eigenvalue weighted by Gasteiger charge is -2.07. The standard InChI is InChI=1S/C9H12O4S/c1-3-13-9-5-4-8(6-7(9)2)14(10,11)12/h4-6H,3H2,1-2H3,(H,10,11,12). The SMILES string of the molecule is CCOc1ccc(S(=O)(=O)O)cc1C. The molecule has 14 heavy (non-hydrogen) atoms. The van der Waals surface area contributed by atoms with E-state index in [1.54, 1.807) is 6.92 Å². The van der Waals surface area contributed by atoms with Crippen LogP contribution in [0.15, 0.2) is 23.1 Å². The molecule has 1 rings (SSSR count). The van der Waals surface area contributed by atoms with Gasteiger partial charge in [0.05, 0.1) is 11.5 Å². The van der Waals surface area contributed by atoms with Crippen LogP contribution in [0.2, 0.25) is 0 Å². The molecule has 78 valence electrons. The van der Waals surface area contributed by atoms with Crippen LogP contribution in [-0.4, -0.2) is 19.6 Å². The van der Waals surface area contributed by atoms with Gasteiger partial charge in [0.1, 0.15) is 5.75 Å². The van der Waals surface area contributed by atoms with E-state index in [1.807, 2.05) is 6.92 Å². The van der Waals surface area contributed by atoms with Crippen LogP contribution in [0.5, 0.6) is 5.75 Å². The molecule has 0 aliphatic carbocycles. The lowest BCUT2D eigenvalue weighted by molar-refractivity contribution is 0.337. The van der Waals surface area contributed by atoms with Crippen molar-refractivity contribution in [2.45, 2.75) is 18.7 Å². The number of hydrogen-bond acceptors (Lipinski definition) is 3. The second kappa shape index (κ2) is 3.98. The second-order valence-electron chi connectivity index (χ2n) is 2.84. The fraction of sp³-hybridized carbons (Fsp3) is 0.333.